The molecule has 0 saturated heterocycles. The minimum absolute atomic E-state index is 0.675. The molecule has 0 amide bonds. The number of allylic oxidation sites excluding steroid dienone is 1. The molecule has 1 aliphatic heterocycles. The topological polar surface area (TPSA) is 9.23 Å². The van der Waals surface area contributed by atoms with Crippen LogP contribution in [0, 0.1) is 12.2 Å². The van der Waals surface area contributed by atoms with E-state index in [4.69, 9.17) is 4.74 Å². The van der Waals surface area contributed by atoms with Crippen LogP contribution in [0.3, 0.4) is 0 Å². The van der Waals surface area contributed by atoms with E-state index in [2.05, 4.69) is 13.2 Å². The predicted octanol–water partition coefficient (Wildman–Crippen LogP) is 1.36. The normalized spacial score (nSPS) is 28.4. The third-order valence-electron chi connectivity index (χ3n) is 1.11. The van der Waals surface area contributed by atoms with Crippen LogP contribution in [0.2, 0.25) is 0 Å². The molecule has 1 atom stereocenters. The zero-order valence-electron chi connectivity index (χ0n) is 4.48. The van der Waals surface area contributed by atoms with Gasteiger partial charge in [-0.15, -0.1) is 0 Å². The van der Waals surface area contributed by atoms with Crippen molar-refractivity contribution in [3.63, 3.8) is 0 Å². The largest absolute Gasteiger partial charge is 0.480 e. The fourth-order valence-corrected chi connectivity index (χ4v) is 0.551. The summed E-state index contributed by atoms with van der Waals surface area (Å²) in [6.07, 6.45) is 5.82. The van der Waals surface area contributed by atoms with Gasteiger partial charge in [-0.05, 0) is 6.42 Å². The molecule has 0 aromatic carbocycles. The summed E-state index contributed by atoms with van der Waals surface area (Å²) in [4.78, 5) is 0. The Morgan fingerprint density at radius 2 is 2.71 bits per heavy atom. The van der Waals surface area contributed by atoms with Gasteiger partial charge in [-0.1, -0.05) is 6.92 Å². The van der Waals surface area contributed by atoms with E-state index in [1.54, 1.807) is 0 Å². The highest BCUT2D eigenvalue weighted by Crippen LogP contribution is 2.07. The Morgan fingerprint density at radius 1 is 1.86 bits per heavy atom. The lowest BCUT2D eigenvalue weighted by atomic mass is 10.1. The van der Waals surface area contributed by atoms with Crippen LogP contribution in [0.25, 0.3) is 0 Å². The summed E-state index contributed by atoms with van der Waals surface area (Å²) in [5.41, 5.74) is 0. The second-order valence-electron chi connectivity index (χ2n) is 1.90. The van der Waals surface area contributed by atoms with Crippen LogP contribution in [0.1, 0.15) is 13.3 Å². The molecule has 0 aliphatic carbocycles. The number of ether oxygens (including phenoxy) is 1. The number of rotatable bonds is 0. The Labute approximate surface area is 44.0 Å². The van der Waals surface area contributed by atoms with Gasteiger partial charge >= 0.3 is 6.26 Å². The van der Waals surface area contributed by atoms with Crippen molar-refractivity contribution in [2.75, 3.05) is 6.61 Å². The van der Waals surface area contributed by atoms with Gasteiger partial charge in [0.1, 0.15) is 0 Å². The van der Waals surface area contributed by atoms with Crippen molar-refractivity contribution in [1.29, 1.82) is 0 Å². The second-order valence-corrected chi connectivity index (χ2v) is 1.90. The lowest BCUT2D eigenvalue weighted by Crippen LogP contribution is -2.01. The quantitative estimate of drug-likeness (QED) is 0.415. The van der Waals surface area contributed by atoms with Crippen LogP contribution >= 0.6 is 0 Å². The van der Waals surface area contributed by atoms with Crippen molar-refractivity contribution in [1.82, 2.24) is 0 Å². The molecular formula is C6H9O+. The molecule has 1 heteroatoms. The zero-order chi connectivity index (χ0) is 5.11. The maximum atomic E-state index is 4.83. The van der Waals surface area contributed by atoms with Gasteiger partial charge in [-0.25, -0.2) is 0 Å². The maximum Gasteiger partial charge on any atom is 0.480 e. The summed E-state index contributed by atoms with van der Waals surface area (Å²) < 4.78 is 4.83. The molecule has 38 valence electrons. The van der Waals surface area contributed by atoms with E-state index in [0.29, 0.717) is 5.92 Å². The standard InChI is InChI=1S/C6H9O/c1-6-2-4-7-5-3-6/h2,6H,3,5H2,1H3/q+1. The van der Waals surface area contributed by atoms with E-state index >= 15 is 0 Å². The molecule has 0 aromatic heterocycles. The first-order valence-corrected chi connectivity index (χ1v) is 2.60. The fraction of sp³-hybridized carbons (Fsp3) is 0.667. The van der Waals surface area contributed by atoms with Crippen LogP contribution in [-0.4, -0.2) is 6.61 Å². The molecule has 1 aliphatic rings. The molecule has 0 aromatic rings. The summed E-state index contributed by atoms with van der Waals surface area (Å²) in [6, 6.07) is 0. The molecule has 0 N–H and O–H groups in total. The molecule has 1 heterocycles. The molecule has 1 unspecified atom stereocenters. The van der Waals surface area contributed by atoms with Crippen molar-refractivity contribution in [2.24, 2.45) is 5.92 Å². The van der Waals surface area contributed by atoms with Gasteiger partial charge in [-0.2, -0.15) is 0 Å². The molecule has 1 rings (SSSR count). The third kappa shape index (κ3) is 1.17. The van der Waals surface area contributed by atoms with Crippen LogP contribution in [-0.2, 0) is 4.74 Å². The molecule has 0 spiro atoms. The minimum atomic E-state index is 0.675. The van der Waals surface area contributed by atoms with Crippen molar-refractivity contribution in [3.05, 3.63) is 12.3 Å². The highest BCUT2D eigenvalue weighted by atomic mass is 16.5. The van der Waals surface area contributed by atoms with E-state index in [1.165, 1.54) is 0 Å². The first-order chi connectivity index (χ1) is 3.39. The van der Waals surface area contributed by atoms with Crippen LogP contribution in [0.5, 0.6) is 0 Å². The second kappa shape index (κ2) is 1.94. The smallest absolute Gasteiger partial charge is 0.268 e. The van der Waals surface area contributed by atoms with Crippen molar-refractivity contribution >= 4 is 0 Å². The Hall–Kier alpha value is -0.550. The van der Waals surface area contributed by atoms with Gasteiger partial charge in [-0.3, -0.25) is 4.74 Å². The van der Waals surface area contributed by atoms with E-state index in [-0.39, 0.29) is 0 Å². The van der Waals surface area contributed by atoms with Crippen LogP contribution in [0.15, 0.2) is 6.08 Å². The number of hydrogen-bond acceptors (Lipinski definition) is 1. The molecule has 0 fully saturated rings. The van der Waals surface area contributed by atoms with Gasteiger partial charge in [0.05, 0.1) is 0 Å². The maximum absolute atomic E-state index is 4.83. The highest BCUT2D eigenvalue weighted by molar-refractivity contribution is 4.78. The Bertz CT molecular complexity index is 76.2. The van der Waals surface area contributed by atoms with E-state index in [0.717, 1.165) is 13.0 Å². The minimum Gasteiger partial charge on any atom is -0.268 e. The molecule has 0 radical (unpaired) electrons. The average Bonchev–Trinajstić information content (AvgIpc) is 1.69. The zero-order valence-corrected chi connectivity index (χ0v) is 4.48. The monoisotopic (exact) mass is 97.1 g/mol. The van der Waals surface area contributed by atoms with E-state index in [9.17, 15) is 0 Å². The lowest BCUT2D eigenvalue weighted by molar-refractivity contribution is 0.192. The average molecular weight is 97.1 g/mol. The molecule has 0 saturated carbocycles. The summed E-state index contributed by atoms with van der Waals surface area (Å²) in [7, 11) is 0. The third-order valence-corrected chi connectivity index (χ3v) is 1.11. The summed E-state index contributed by atoms with van der Waals surface area (Å²) in [5, 5.41) is 0. The molecule has 0 bridgehead atoms. The van der Waals surface area contributed by atoms with Crippen molar-refractivity contribution < 1.29 is 4.74 Å². The van der Waals surface area contributed by atoms with Gasteiger partial charge in [0, 0.05) is 5.92 Å². The Morgan fingerprint density at radius 3 is 3.00 bits per heavy atom. The number of hydrogen-bond donors (Lipinski definition) is 0. The van der Waals surface area contributed by atoms with Gasteiger partial charge in [0.2, 0.25) is 6.08 Å². The Kier molecular flexibility index (Phi) is 1.28. The summed E-state index contributed by atoms with van der Waals surface area (Å²) >= 11 is 0. The molecule has 1 nitrogen and oxygen atoms in total. The van der Waals surface area contributed by atoms with Crippen LogP contribution < -0.4 is 0 Å². The fourth-order valence-electron chi connectivity index (χ4n) is 0.551. The molecular weight excluding hydrogens is 88.1 g/mol. The molecule has 7 heavy (non-hydrogen) atoms. The predicted molar refractivity (Wildman–Crippen MR) is 27.5 cm³/mol. The van der Waals surface area contributed by atoms with Gasteiger partial charge in [0.25, 0.3) is 0 Å². The van der Waals surface area contributed by atoms with Crippen molar-refractivity contribution in [2.45, 2.75) is 13.3 Å². The summed E-state index contributed by atoms with van der Waals surface area (Å²) in [6.45, 7) is 3.01. The lowest BCUT2D eigenvalue weighted by Gasteiger charge is -1.98. The first kappa shape index (κ1) is 4.61. The van der Waals surface area contributed by atoms with Crippen LogP contribution in [0.4, 0.5) is 0 Å². The van der Waals surface area contributed by atoms with Gasteiger partial charge in [0.15, 0.2) is 6.61 Å². The van der Waals surface area contributed by atoms with Gasteiger partial charge < -0.3 is 0 Å². The van der Waals surface area contributed by atoms with Crippen molar-refractivity contribution in [3.8, 4) is 0 Å². The first-order valence-electron chi connectivity index (χ1n) is 2.60. The van der Waals surface area contributed by atoms with E-state index < -0.39 is 0 Å². The highest BCUT2D eigenvalue weighted by Gasteiger charge is 2.11. The SMILES string of the molecule is CC1C=[C+]OCC1. The summed E-state index contributed by atoms with van der Waals surface area (Å²) in [5.74, 6) is 0.675. The Balaban J connectivity index is 2.36. The van der Waals surface area contributed by atoms with E-state index in [1.807, 2.05) is 6.08 Å².